The molecular formula is C23H24N2O4. The molecule has 0 saturated heterocycles. The number of furan rings is 1. The van der Waals surface area contributed by atoms with Gasteiger partial charge in [-0.25, -0.2) is 0 Å². The van der Waals surface area contributed by atoms with Crippen molar-refractivity contribution in [2.75, 3.05) is 17.2 Å². The summed E-state index contributed by atoms with van der Waals surface area (Å²) in [5.74, 6) is 0.145. The molecule has 150 valence electrons. The molecule has 2 aromatic carbocycles. The number of unbranched alkanes of at least 4 members (excludes halogenated alkanes) is 2. The van der Waals surface area contributed by atoms with Crippen molar-refractivity contribution in [3.05, 3.63) is 78.3 Å². The van der Waals surface area contributed by atoms with Crippen LogP contribution in [0.1, 0.15) is 47.1 Å². The zero-order chi connectivity index (χ0) is 20.5. The van der Waals surface area contributed by atoms with E-state index in [1.807, 2.05) is 6.07 Å². The third-order valence-electron chi connectivity index (χ3n) is 4.26. The van der Waals surface area contributed by atoms with Crippen LogP contribution in [0.4, 0.5) is 11.4 Å². The number of nitrogens with one attached hydrogen (secondary N) is 2. The van der Waals surface area contributed by atoms with Gasteiger partial charge in [0.25, 0.3) is 11.8 Å². The second-order valence-corrected chi connectivity index (χ2v) is 6.52. The van der Waals surface area contributed by atoms with Gasteiger partial charge in [-0.15, -0.1) is 0 Å². The fourth-order valence-corrected chi connectivity index (χ4v) is 2.79. The number of hydrogen-bond acceptors (Lipinski definition) is 4. The minimum absolute atomic E-state index is 0.216. The van der Waals surface area contributed by atoms with Crippen molar-refractivity contribution >= 4 is 23.2 Å². The maximum absolute atomic E-state index is 12.8. The molecule has 1 aromatic heterocycles. The molecule has 0 bridgehead atoms. The van der Waals surface area contributed by atoms with Gasteiger partial charge < -0.3 is 19.8 Å². The largest absolute Gasteiger partial charge is 0.493 e. The molecule has 0 fully saturated rings. The Balaban J connectivity index is 1.66. The summed E-state index contributed by atoms with van der Waals surface area (Å²) in [5, 5.41) is 5.60. The Labute approximate surface area is 169 Å². The van der Waals surface area contributed by atoms with E-state index in [2.05, 4.69) is 17.6 Å². The van der Waals surface area contributed by atoms with Gasteiger partial charge in [0.05, 0.1) is 18.4 Å². The molecule has 6 heteroatoms. The third kappa shape index (κ3) is 5.72. The predicted molar refractivity (Wildman–Crippen MR) is 113 cm³/mol. The Morgan fingerprint density at radius 2 is 1.66 bits per heavy atom. The van der Waals surface area contributed by atoms with Crippen molar-refractivity contribution in [1.29, 1.82) is 0 Å². The monoisotopic (exact) mass is 392 g/mol. The van der Waals surface area contributed by atoms with Gasteiger partial charge in [-0.3, -0.25) is 9.59 Å². The first kappa shape index (κ1) is 20.2. The normalized spacial score (nSPS) is 10.4. The van der Waals surface area contributed by atoms with Crippen molar-refractivity contribution in [2.45, 2.75) is 26.2 Å². The lowest BCUT2D eigenvalue weighted by Crippen LogP contribution is -2.15. The number of carbonyl (C=O) groups excluding carboxylic acids is 2. The lowest BCUT2D eigenvalue weighted by atomic mass is 10.1. The maximum Gasteiger partial charge on any atom is 0.291 e. The average molecular weight is 392 g/mol. The van der Waals surface area contributed by atoms with Gasteiger partial charge >= 0.3 is 0 Å². The van der Waals surface area contributed by atoms with E-state index in [0.29, 0.717) is 29.3 Å². The SMILES string of the molecule is CCCCCOc1ccccc1C(=O)Nc1cccc(NC(=O)c2ccco2)c1. The van der Waals surface area contributed by atoms with Crippen molar-refractivity contribution in [2.24, 2.45) is 0 Å². The van der Waals surface area contributed by atoms with E-state index >= 15 is 0 Å². The van der Waals surface area contributed by atoms with Crippen LogP contribution >= 0.6 is 0 Å². The molecule has 6 nitrogen and oxygen atoms in total. The first-order valence-electron chi connectivity index (χ1n) is 9.65. The second kappa shape index (κ2) is 10.1. The Kier molecular flexibility index (Phi) is 7.05. The first-order valence-corrected chi connectivity index (χ1v) is 9.65. The van der Waals surface area contributed by atoms with Gasteiger partial charge in [-0.2, -0.15) is 0 Å². The highest BCUT2D eigenvalue weighted by Gasteiger charge is 2.13. The highest BCUT2D eigenvalue weighted by Crippen LogP contribution is 2.22. The molecule has 29 heavy (non-hydrogen) atoms. The molecule has 0 radical (unpaired) electrons. The Hall–Kier alpha value is -3.54. The van der Waals surface area contributed by atoms with Crippen LogP contribution in [0.25, 0.3) is 0 Å². The zero-order valence-corrected chi connectivity index (χ0v) is 16.3. The van der Waals surface area contributed by atoms with E-state index in [1.165, 1.54) is 6.26 Å². The number of anilines is 2. The van der Waals surface area contributed by atoms with Gasteiger partial charge in [-0.05, 0) is 48.9 Å². The second-order valence-electron chi connectivity index (χ2n) is 6.52. The van der Waals surface area contributed by atoms with Crippen LogP contribution in [0.5, 0.6) is 5.75 Å². The minimum atomic E-state index is -0.357. The fourth-order valence-electron chi connectivity index (χ4n) is 2.79. The van der Waals surface area contributed by atoms with Crippen LogP contribution in [-0.4, -0.2) is 18.4 Å². The van der Waals surface area contributed by atoms with Crippen LogP contribution in [0.15, 0.2) is 71.3 Å². The Morgan fingerprint density at radius 3 is 2.38 bits per heavy atom. The van der Waals surface area contributed by atoms with E-state index in [1.54, 1.807) is 54.6 Å². The zero-order valence-electron chi connectivity index (χ0n) is 16.3. The third-order valence-corrected chi connectivity index (χ3v) is 4.26. The summed E-state index contributed by atoms with van der Waals surface area (Å²) in [7, 11) is 0. The minimum Gasteiger partial charge on any atom is -0.493 e. The highest BCUT2D eigenvalue weighted by molar-refractivity contribution is 6.07. The van der Waals surface area contributed by atoms with Crippen LogP contribution in [0, 0.1) is 0 Å². The van der Waals surface area contributed by atoms with E-state index in [0.717, 1.165) is 19.3 Å². The number of ether oxygens (including phenoxy) is 1. The summed E-state index contributed by atoms with van der Waals surface area (Å²) in [6.07, 6.45) is 4.58. The smallest absolute Gasteiger partial charge is 0.291 e. The van der Waals surface area contributed by atoms with Gasteiger partial charge in [0.15, 0.2) is 5.76 Å². The van der Waals surface area contributed by atoms with Gasteiger partial charge in [-0.1, -0.05) is 38.0 Å². The van der Waals surface area contributed by atoms with Gasteiger partial charge in [0.2, 0.25) is 0 Å². The first-order chi connectivity index (χ1) is 14.2. The predicted octanol–water partition coefficient (Wildman–Crippen LogP) is 5.35. The van der Waals surface area contributed by atoms with Crippen LogP contribution in [0.2, 0.25) is 0 Å². The van der Waals surface area contributed by atoms with Crippen molar-refractivity contribution in [3.8, 4) is 5.75 Å². The van der Waals surface area contributed by atoms with Crippen molar-refractivity contribution < 1.29 is 18.7 Å². The lowest BCUT2D eigenvalue weighted by molar-refractivity contribution is 0.0994. The summed E-state index contributed by atoms with van der Waals surface area (Å²) in [6.45, 7) is 2.71. The fraction of sp³-hybridized carbons (Fsp3) is 0.217. The van der Waals surface area contributed by atoms with Crippen LogP contribution in [-0.2, 0) is 0 Å². The number of para-hydroxylation sites is 1. The summed E-state index contributed by atoms with van der Waals surface area (Å²) in [6, 6.07) is 17.3. The van der Waals surface area contributed by atoms with Crippen LogP contribution in [0.3, 0.4) is 0 Å². The van der Waals surface area contributed by atoms with E-state index < -0.39 is 0 Å². The lowest BCUT2D eigenvalue weighted by Gasteiger charge is -2.12. The molecule has 3 aromatic rings. The summed E-state index contributed by atoms with van der Waals surface area (Å²) >= 11 is 0. The molecule has 3 rings (SSSR count). The Bertz CT molecular complexity index is 951. The summed E-state index contributed by atoms with van der Waals surface area (Å²) < 4.78 is 10.9. The standard InChI is InChI=1S/C23H24N2O4/c1-2-3-6-14-28-20-12-5-4-11-19(20)22(26)24-17-9-7-10-18(16-17)25-23(27)21-13-8-15-29-21/h4-5,7-13,15-16H,2-3,6,14H2,1H3,(H,24,26)(H,25,27). The molecule has 0 spiro atoms. The number of hydrogen-bond donors (Lipinski definition) is 2. The molecule has 1 heterocycles. The molecular weight excluding hydrogens is 368 g/mol. The number of carbonyl (C=O) groups is 2. The van der Waals surface area contributed by atoms with Crippen molar-refractivity contribution in [3.63, 3.8) is 0 Å². The summed E-state index contributed by atoms with van der Waals surface area (Å²) in [4.78, 5) is 24.9. The Morgan fingerprint density at radius 1 is 0.897 bits per heavy atom. The van der Waals surface area contributed by atoms with E-state index in [4.69, 9.17) is 9.15 Å². The van der Waals surface area contributed by atoms with Gasteiger partial charge in [0.1, 0.15) is 5.75 Å². The maximum atomic E-state index is 12.8. The topological polar surface area (TPSA) is 80.6 Å². The number of rotatable bonds is 9. The molecule has 2 N–H and O–H groups in total. The highest BCUT2D eigenvalue weighted by atomic mass is 16.5. The quantitative estimate of drug-likeness (QED) is 0.481. The van der Waals surface area contributed by atoms with Crippen LogP contribution < -0.4 is 15.4 Å². The summed E-state index contributed by atoms with van der Waals surface area (Å²) in [5.41, 5.74) is 1.58. The molecule has 2 amide bonds. The van der Waals surface area contributed by atoms with Gasteiger partial charge in [0, 0.05) is 11.4 Å². The molecule has 0 aliphatic carbocycles. The number of benzene rings is 2. The van der Waals surface area contributed by atoms with E-state index in [-0.39, 0.29) is 17.6 Å². The molecule has 0 saturated carbocycles. The van der Waals surface area contributed by atoms with Crippen molar-refractivity contribution in [1.82, 2.24) is 0 Å². The molecule has 0 aliphatic rings. The van der Waals surface area contributed by atoms with E-state index in [9.17, 15) is 9.59 Å². The molecule has 0 atom stereocenters. The molecule has 0 aliphatic heterocycles. The number of amides is 2. The average Bonchev–Trinajstić information content (AvgIpc) is 3.27. The molecule has 0 unspecified atom stereocenters.